The highest BCUT2D eigenvalue weighted by Crippen LogP contribution is 2.40. The number of ether oxygens (including phenoxy) is 1. The standard InChI is InChI=1S/C18H19N5O9S2/c1-8(25)32-4-9-5-33-16-12(15(27)22(16)13(9)17(28)29)20-14(26)11(21-30-2)10-6-34-18(19-7-24)23(10)31-3/h6-7,12,16H,4-5H2,1-3H3,(H,20,26)(H,28,29)/t12-,16+/m1/s1. The van der Waals surface area contributed by atoms with E-state index in [1.54, 1.807) is 0 Å². The minimum atomic E-state index is -1.35. The lowest BCUT2D eigenvalue weighted by Crippen LogP contribution is -2.71. The summed E-state index contributed by atoms with van der Waals surface area (Å²) < 4.78 is 5.98. The molecule has 2 aliphatic rings. The summed E-state index contributed by atoms with van der Waals surface area (Å²) in [6.07, 6.45) is 0.309. The van der Waals surface area contributed by atoms with Crippen LogP contribution in [0.25, 0.3) is 0 Å². The number of carboxylic acid groups (broad SMARTS) is 1. The average molecular weight is 514 g/mol. The number of fused-ring (bicyclic) bond motifs is 1. The molecule has 1 aromatic heterocycles. The van der Waals surface area contributed by atoms with Crippen LogP contribution in [0, 0.1) is 0 Å². The third-order valence-electron chi connectivity index (χ3n) is 4.64. The van der Waals surface area contributed by atoms with E-state index in [9.17, 15) is 29.1 Å². The third-order valence-corrected chi connectivity index (χ3v) is 6.80. The molecule has 2 atom stereocenters. The topological polar surface area (TPSA) is 178 Å². The largest absolute Gasteiger partial charge is 0.477 e. The molecule has 0 bridgehead atoms. The van der Waals surface area contributed by atoms with E-state index in [4.69, 9.17) is 14.4 Å². The number of thioether (sulfide) groups is 1. The lowest BCUT2D eigenvalue weighted by Gasteiger charge is -2.49. The molecule has 0 spiro atoms. The summed E-state index contributed by atoms with van der Waals surface area (Å²) in [7, 11) is 2.51. The normalized spacial score (nSPS) is 20.3. The summed E-state index contributed by atoms with van der Waals surface area (Å²) >= 11 is 2.21. The number of β-lactam (4-membered cyclic amide) rings is 1. The van der Waals surface area contributed by atoms with E-state index >= 15 is 0 Å². The Bertz CT molecular complexity index is 1170. The van der Waals surface area contributed by atoms with E-state index in [-0.39, 0.29) is 39.8 Å². The number of oxime groups is 1. The second kappa shape index (κ2) is 10.5. The fraction of sp³-hybridized carbons (Fsp3) is 0.389. The number of thiazole rings is 1. The van der Waals surface area contributed by atoms with Crippen molar-refractivity contribution in [2.45, 2.75) is 18.3 Å². The van der Waals surface area contributed by atoms with E-state index in [0.717, 1.165) is 21.0 Å². The molecule has 34 heavy (non-hydrogen) atoms. The first-order valence-corrected chi connectivity index (χ1v) is 11.4. The Morgan fingerprint density at radius 3 is 2.68 bits per heavy atom. The van der Waals surface area contributed by atoms with Crippen LogP contribution in [0.3, 0.4) is 0 Å². The van der Waals surface area contributed by atoms with Gasteiger partial charge in [0.1, 0.15) is 43.6 Å². The minimum Gasteiger partial charge on any atom is -0.477 e. The molecule has 16 heteroatoms. The zero-order valence-electron chi connectivity index (χ0n) is 18.0. The fourth-order valence-corrected chi connectivity index (χ4v) is 5.38. The van der Waals surface area contributed by atoms with Crippen LogP contribution >= 0.6 is 23.1 Å². The number of hydrogen-bond acceptors (Lipinski definition) is 11. The summed E-state index contributed by atoms with van der Waals surface area (Å²) in [4.78, 5) is 74.1. The van der Waals surface area contributed by atoms with Gasteiger partial charge < -0.3 is 24.8 Å². The predicted molar refractivity (Wildman–Crippen MR) is 116 cm³/mol. The Hall–Kier alpha value is -3.66. The third kappa shape index (κ3) is 4.67. The molecule has 1 saturated heterocycles. The fourth-order valence-electron chi connectivity index (χ4n) is 3.25. The number of hydrogen-bond donors (Lipinski definition) is 2. The van der Waals surface area contributed by atoms with Crippen LogP contribution in [0.5, 0.6) is 0 Å². The van der Waals surface area contributed by atoms with E-state index < -0.39 is 35.2 Å². The van der Waals surface area contributed by atoms with Crippen LogP contribution in [-0.2, 0) is 33.5 Å². The summed E-state index contributed by atoms with van der Waals surface area (Å²) in [5.41, 5.74) is -0.150. The maximum Gasteiger partial charge on any atom is 0.352 e. The summed E-state index contributed by atoms with van der Waals surface area (Å²) in [5, 5.41) is 16.6. The van der Waals surface area contributed by atoms with Gasteiger partial charge in [0.15, 0.2) is 5.71 Å². The Kier molecular flexibility index (Phi) is 7.72. The maximum atomic E-state index is 13.0. The minimum absolute atomic E-state index is 0.113. The zero-order chi connectivity index (χ0) is 25.0. The molecule has 3 rings (SSSR count). The molecule has 0 aliphatic carbocycles. The molecule has 1 aromatic rings. The molecule has 3 amide bonds. The molecule has 0 aromatic carbocycles. The SMILES string of the molecule is CON=C(C(=O)N[C@@H]1C(=O)N2C(C(=O)O)=C(COC(C)=O)CS[C@@H]12)c1csc(=NC=O)n1OC. The number of carbonyl (C=O) groups is 5. The number of aliphatic carboxylic acids is 1. The number of nitrogens with zero attached hydrogens (tertiary/aromatic N) is 4. The lowest BCUT2D eigenvalue weighted by molar-refractivity contribution is -0.150. The Labute approximate surface area is 199 Å². The number of aromatic nitrogens is 1. The van der Waals surface area contributed by atoms with Crippen molar-refractivity contribution in [3.8, 4) is 0 Å². The molecule has 1 fully saturated rings. The van der Waals surface area contributed by atoms with Crippen LogP contribution in [0.1, 0.15) is 12.6 Å². The Morgan fingerprint density at radius 2 is 2.09 bits per heavy atom. The van der Waals surface area contributed by atoms with Crippen LogP contribution in [0.15, 0.2) is 26.8 Å². The highest BCUT2D eigenvalue weighted by molar-refractivity contribution is 8.00. The van der Waals surface area contributed by atoms with E-state index in [1.165, 1.54) is 38.3 Å². The van der Waals surface area contributed by atoms with Gasteiger partial charge >= 0.3 is 11.9 Å². The highest BCUT2D eigenvalue weighted by Gasteiger charge is 2.54. The number of carboxylic acids is 1. The van der Waals surface area contributed by atoms with Crippen LogP contribution in [-0.4, -0.2) is 88.6 Å². The second-order valence-corrected chi connectivity index (χ2v) is 8.58. The summed E-state index contributed by atoms with van der Waals surface area (Å²) in [6.45, 7) is 0.932. The van der Waals surface area contributed by atoms with Gasteiger partial charge in [-0.05, 0) is 0 Å². The van der Waals surface area contributed by atoms with E-state index in [2.05, 4.69) is 15.5 Å². The van der Waals surface area contributed by atoms with Crippen LogP contribution < -0.4 is 15.0 Å². The first-order chi connectivity index (χ1) is 16.2. The highest BCUT2D eigenvalue weighted by atomic mass is 32.2. The van der Waals surface area contributed by atoms with Crippen LogP contribution in [0.4, 0.5) is 0 Å². The number of carbonyl (C=O) groups excluding carboxylic acids is 4. The molecule has 182 valence electrons. The van der Waals surface area contributed by atoms with Crippen molar-refractivity contribution in [1.82, 2.24) is 14.9 Å². The van der Waals surface area contributed by atoms with Gasteiger partial charge in [-0.1, -0.05) is 5.16 Å². The number of rotatable bonds is 9. The van der Waals surface area contributed by atoms with Gasteiger partial charge in [0.05, 0.1) is 0 Å². The molecular weight excluding hydrogens is 494 g/mol. The first kappa shape index (κ1) is 25.0. The van der Waals surface area contributed by atoms with Crippen molar-refractivity contribution in [2.75, 3.05) is 26.6 Å². The van der Waals surface area contributed by atoms with Crippen molar-refractivity contribution in [1.29, 1.82) is 0 Å². The van der Waals surface area contributed by atoms with Crippen molar-refractivity contribution < 1.29 is 43.5 Å². The van der Waals surface area contributed by atoms with Gasteiger partial charge in [0.2, 0.25) is 11.2 Å². The zero-order valence-corrected chi connectivity index (χ0v) is 19.7. The monoisotopic (exact) mass is 513 g/mol. The van der Waals surface area contributed by atoms with E-state index in [1.807, 2.05) is 0 Å². The van der Waals surface area contributed by atoms with Crippen molar-refractivity contribution >= 4 is 59.0 Å². The summed E-state index contributed by atoms with van der Waals surface area (Å²) in [5.74, 6) is -3.20. The molecule has 2 aliphatic heterocycles. The quantitative estimate of drug-likeness (QED) is 0.127. The van der Waals surface area contributed by atoms with Gasteiger partial charge in [0.25, 0.3) is 11.8 Å². The van der Waals surface area contributed by atoms with Crippen molar-refractivity contribution in [3.05, 3.63) is 27.1 Å². The van der Waals surface area contributed by atoms with Gasteiger partial charge in [-0.2, -0.15) is 9.72 Å². The molecule has 3 heterocycles. The number of esters is 1. The molecule has 0 radical (unpaired) electrons. The Balaban J connectivity index is 1.84. The van der Waals surface area contributed by atoms with E-state index in [0.29, 0.717) is 6.41 Å². The van der Waals surface area contributed by atoms with Gasteiger partial charge in [-0.3, -0.25) is 24.1 Å². The molecule has 0 unspecified atom stereocenters. The van der Waals surface area contributed by atoms with Crippen molar-refractivity contribution in [2.24, 2.45) is 10.1 Å². The molecule has 0 saturated carbocycles. The first-order valence-electron chi connectivity index (χ1n) is 9.43. The van der Waals surface area contributed by atoms with Gasteiger partial charge in [0, 0.05) is 23.6 Å². The summed E-state index contributed by atoms with van der Waals surface area (Å²) in [6, 6.07) is -1.04. The average Bonchev–Trinajstić information content (AvgIpc) is 3.20. The molecule has 2 N–H and O–H groups in total. The second-order valence-electron chi connectivity index (χ2n) is 6.64. The molecular formula is C18H19N5O9S2. The van der Waals surface area contributed by atoms with Gasteiger partial charge in [-0.15, -0.1) is 23.1 Å². The Morgan fingerprint density at radius 1 is 1.35 bits per heavy atom. The predicted octanol–water partition coefficient (Wildman–Crippen LogP) is -1.68. The number of nitrogens with one attached hydrogen (secondary N) is 1. The van der Waals surface area contributed by atoms with Crippen LogP contribution in [0.2, 0.25) is 0 Å². The number of amides is 3. The molecule has 14 nitrogen and oxygen atoms in total. The lowest BCUT2D eigenvalue weighted by atomic mass is 10.0. The van der Waals surface area contributed by atoms with Crippen molar-refractivity contribution in [3.63, 3.8) is 0 Å². The smallest absolute Gasteiger partial charge is 0.352 e. The van der Waals surface area contributed by atoms with Gasteiger partial charge in [-0.25, -0.2) is 4.79 Å². The maximum absolute atomic E-state index is 13.0.